The smallest absolute Gasteiger partial charge is 0.251 e. The van der Waals surface area contributed by atoms with Gasteiger partial charge in [0.25, 0.3) is 12.9 Å². The first-order chi connectivity index (χ1) is 13.9. The Morgan fingerprint density at radius 3 is 1.62 bits per heavy atom. The molecule has 2 saturated heterocycles. The van der Waals surface area contributed by atoms with Crippen LogP contribution in [0.1, 0.15) is 6.42 Å². The zero-order chi connectivity index (χ0) is 21.2. The fourth-order valence-corrected chi connectivity index (χ4v) is 3.30. The zero-order valence-electron chi connectivity index (χ0n) is 16.1. The summed E-state index contributed by atoms with van der Waals surface area (Å²) in [6.45, 7) is 0.722. The Balaban J connectivity index is 1.67. The number of halogens is 4. The van der Waals surface area contributed by atoms with E-state index in [4.69, 9.17) is 9.47 Å². The fourth-order valence-electron chi connectivity index (χ4n) is 3.30. The molecule has 0 radical (unpaired) electrons. The summed E-state index contributed by atoms with van der Waals surface area (Å²) in [5.74, 6) is -0.805. The second-order valence-corrected chi connectivity index (χ2v) is 6.89. The summed E-state index contributed by atoms with van der Waals surface area (Å²) < 4.78 is 60.9. The molecule has 0 aliphatic carbocycles. The predicted octanol–water partition coefficient (Wildman–Crippen LogP) is -0.459. The number of nitrogens with one attached hydrogen (secondary N) is 2. The highest BCUT2D eigenvalue weighted by molar-refractivity contribution is 5.82. The van der Waals surface area contributed by atoms with E-state index in [0.29, 0.717) is 19.6 Å². The van der Waals surface area contributed by atoms with Crippen molar-refractivity contribution in [3.63, 3.8) is 0 Å². The average molecular weight is 428 g/mol. The van der Waals surface area contributed by atoms with E-state index in [1.165, 1.54) is 9.80 Å². The van der Waals surface area contributed by atoms with Crippen molar-refractivity contribution < 1.29 is 36.6 Å². The third-order valence-corrected chi connectivity index (χ3v) is 4.78. The highest BCUT2D eigenvalue weighted by Gasteiger charge is 2.32. The molecule has 12 heteroatoms. The summed E-state index contributed by atoms with van der Waals surface area (Å²) in [5.41, 5.74) is 0. The third-order valence-electron chi connectivity index (χ3n) is 4.78. The van der Waals surface area contributed by atoms with E-state index in [0.717, 1.165) is 0 Å². The van der Waals surface area contributed by atoms with Gasteiger partial charge in [0, 0.05) is 26.2 Å². The number of ether oxygens (including phenoxy) is 2. The summed E-state index contributed by atoms with van der Waals surface area (Å²) in [7, 11) is 0. The molecule has 0 aromatic heterocycles. The molecule has 0 saturated carbocycles. The monoisotopic (exact) mass is 428 g/mol. The van der Waals surface area contributed by atoms with Crippen LogP contribution in [-0.2, 0) is 19.1 Å². The molecule has 2 fully saturated rings. The molecule has 2 amide bonds. The Morgan fingerprint density at radius 1 is 0.828 bits per heavy atom. The van der Waals surface area contributed by atoms with Crippen LogP contribution in [0.4, 0.5) is 17.6 Å². The number of nitrogens with zero attached hydrogens (tertiary/aromatic N) is 2. The van der Waals surface area contributed by atoms with Crippen LogP contribution in [0, 0.1) is 0 Å². The van der Waals surface area contributed by atoms with Crippen molar-refractivity contribution in [1.29, 1.82) is 0 Å². The van der Waals surface area contributed by atoms with Gasteiger partial charge >= 0.3 is 0 Å². The molecule has 8 nitrogen and oxygen atoms in total. The summed E-state index contributed by atoms with van der Waals surface area (Å²) in [4.78, 5) is 27.2. The Hall–Kier alpha value is -1.50. The minimum atomic E-state index is -2.54. The minimum absolute atomic E-state index is 0.0525. The van der Waals surface area contributed by atoms with E-state index in [1.807, 2.05) is 0 Å². The summed E-state index contributed by atoms with van der Waals surface area (Å²) >= 11 is 0. The van der Waals surface area contributed by atoms with E-state index in [1.54, 1.807) is 0 Å². The van der Waals surface area contributed by atoms with Gasteiger partial charge in [-0.05, 0) is 6.42 Å². The number of rotatable bonds is 10. The molecule has 2 aliphatic heterocycles. The quantitative estimate of drug-likeness (QED) is 0.362. The first kappa shape index (κ1) is 23.8. The third kappa shape index (κ3) is 8.03. The van der Waals surface area contributed by atoms with Gasteiger partial charge in [-0.15, -0.1) is 0 Å². The number of alkyl halides is 4. The molecule has 168 valence electrons. The van der Waals surface area contributed by atoms with E-state index in [9.17, 15) is 27.2 Å². The molecular formula is C17H28F4N4O4. The molecule has 2 unspecified atom stereocenters. The molecule has 0 aromatic carbocycles. The number of carbonyl (C=O) groups excluding carboxylic acids is 2. The molecule has 29 heavy (non-hydrogen) atoms. The molecular weight excluding hydrogens is 400 g/mol. The van der Waals surface area contributed by atoms with Gasteiger partial charge in [0.1, 0.15) is 12.1 Å². The number of carbonyl (C=O) groups is 2. The second-order valence-electron chi connectivity index (χ2n) is 6.89. The van der Waals surface area contributed by atoms with Crippen LogP contribution in [0.5, 0.6) is 0 Å². The lowest BCUT2D eigenvalue weighted by Crippen LogP contribution is -2.55. The summed E-state index contributed by atoms with van der Waals surface area (Å²) in [6.07, 6.45) is -4.67. The average Bonchev–Trinajstić information content (AvgIpc) is 2.67. The van der Waals surface area contributed by atoms with Gasteiger partial charge in [-0.3, -0.25) is 19.4 Å². The standard InChI is InChI=1S/C17H28F4N4O4/c18-14(19)8-24-4-6-28-10-12(24)16(26)22-2-1-3-23-17(27)13-11-29-7-5-25(13)9-15(20)21/h12-15H,1-11H2,(H,22,26)(H,23,27). The van der Waals surface area contributed by atoms with E-state index >= 15 is 0 Å². The largest absolute Gasteiger partial charge is 0.378 e. The molecule has 2 aliphatic rings. The molecule has 0 spiro atoms. The van der Waals surface area contributed by atoms with Gasteiger partial charge in [-0.1, -0.05) is 0 Å². The van der Waals surface area contributed by atoms with Crippen LogP contribution in [0.15, 0.2) is 0 Å². The normalized spacial score (nSPS) is 24.1. The van der Waals surface area contributed by atoms with Crippen LogP contribution >= 0.6 is 0 Å². The molecule has 0 aromatic rings. The van der Waals surface area contributed by atoms with Gasteiger partial charge in [0.05, 0.1) is 39.5 Å². The summed E-state index contributed by atoms with van der Waals surface area (Å²) in [5, 5.41) is 5.31. The Morgan fingerprint density at radius 2 is 1.24 bits per heavy atom. The van der Waals surface area contributed by atoms with Gasteiger partial charge in [0.2, 0.25) is 11.8 Å². The lowest BCUT2D eigenvalue weighted by molar-refractivity contribution is -0.134. The molecule has 2 heterocycles. The Bertz CT molecular complexity index is 486. The number of hydrogen-bond acceptors (Lipinski definition) is 6. The van der Waals surface area contributed by atoms with Gasteiger partial charge in [-0.25, -0.2) is 17.6 Å². The Labute approximate surface area is 166 Å². The van der Waals surface area contributed by atoms with Crippen molar-refractivity contribution in [1.82, 2.24) is 20.4 Å². The van der Waals surface area contributed by atoms with Crippen molar-refractivity contribution in [3.8, 4) is 0 Å². The van der Waals surface area contributed by atoms with Gasteiger partial charge < -0.3 is 20.1 Å². The number of hydrogen-bond donors (Lipinski definition) is 2. The zero-order valence-corrected chi connectivity index (χ0v) is 16.1. The van der Waals surface area contributed by atoms with E-state index in [2.05, 4.69) is 10.6 Å². The van der Waals surface area contributed by atoms with Crippen LogP contribution in [-0.4, -0.2) is 112 Å². The maximum atomic E-state index is 12.6. The maximum absolute atomic E-state index is 12.6. The van der Waals surface area contributed by atoms with E-state index < -0.39 is 49.8 Å². The van der Waals surface area contributed by atoms with Gasteiger partial charge in [-0.2, -0.15) is 0 Å². The predicted molar refractivity (Wildman–Crippen MR) is 95.0 cm³/mol. The van der Waals surface area contributed by atoms with Crippen LogP contribution in [0.25, 0.3) is 0 Å². The molecule has 2 rings (SSSR count). The Kier molecular flexibility index (Phi) is 10.0. The lowest BCUT2D eigenvalue weighted by Gasteiger charge is -2.34. The van der Waals surface area contributed by atoms with Crippen LogP contribution in [0.3, 0.4) is 0 Å². The topological polar surface area (TPSA) is 83.1 Å². The molecule has 0 bridgehead atoms. The van der Waals surface area contributed by atoms with Crippen LogP contribution < -0.4 is 10.6 Å². The molecule has 2 N–H and O–H groups in total. The summed E-state index contributed by atoms with van der Waals surface area (Å²) in [6, 6.07) is -1.54. The van der Waals surface area contributed by atoms with E-state index in [-0.39, 0.29) is 39.4 Å². The van der Waals surface area contributed by atoms with Gasteiger partial charge in [0.15, 0.2) is 0 Å². The minimum Gasteiger partial charge on any atom is -0.378 e. The first-order valence-corrected chi connectivity index (χ1v) is 9.63. The SMILES string of the molecule is O=C(NCCCNC(=O)C1COCCN1CC(F)F)C1COCCN1CC(F)F. The van der Waals surface area contributed by atoms with Crippen molar-refractivity contribution in [2.45, 2.75) is 31.4 Å². The van der Waals surface area contributed by atoms with Crippen LogP contribution in [0.2, 0.25) is 0 Å². The highest BCUT2D eigenvalue weighted by atomic mass is 19.3. The first-order valence-electron chi connectivity index (χ1n) is 9.63. The number of amides is 2. The van der Waals surface area contributed by atoms with Crippen molar-refractivity contribution >= 4 is 11.8 Å². The number of morpholine rings is 2. The fraction of sp³-hybridized carbons (Fsp3) is 0.882. The lowest BCUT2D eigenvalue weighted by atomic mass is 10.2. The highest BCUT2D eigenvalue weighted by Crippen LogP contribution is 2.11. The van der Waals surface area contributed by atoms with Crippen molar-refractivity contribution in [2.24, 2.45) is 0 Å². The molecule has 2 atom stereocenters. The van der Waals surface area contributed by atoms with Crippen molar-refractivity contribution in [2.75, 3.05) is 65.7 Å². The van der Waals surface area contributed by atoms with Crippen molar-refractivity contribution in [3.05, 3.63) is 0 Å². The second kappa shape index (κ2) is 12.3. The maximum Gasteiger partial charge on any atom is 0.251 e.